The van der Waals surface area contributed by atoms with Gasteiger partial charge in [-0.25, -0.2) is 0 Å². The highest BCUT2D eigenvalue weighted by Crippen LogP contribution is 1.89. The van der Waals surface area contributed by atoms with Gasteiger partial charge in [0.25, 0.3) is 0 Å². The fourth-order valence-electron chi connectivity index (χ4n) is 0.830. The molecule has 4 N–H and O–H groups in total. The Morgan fingerprint density at radius 3 is 1.44 bits per heavy atom. The average molecular weight is 281 g/mol. The fraction of sp³-hybridized carbons (Fsp3) is 1.00. The molecule has 0 unspecified atom stereocenters. The minimum atomic E-state index is -2.35. The quantitative estimate of drug-likeness (QED) is 0.498. The van der Waals surface area contributed by atoms with Gasteiger partial charge in [0.05, 0.1) is 13.2 Å². The molecule has 0 spiro atoms. The van der Waals surface area contributed by atoms with E-state index in [2.05, 4.69) is 10.6 Å². The molecule has 6 heteroatoms. The Hall–Kier alpha value is 0.420. The SMILES string of the molecule is Cl.Cl.[2H]C([2H])(N[C@@H](CC)CO)C([2H])([2H])N[C@@H](CC)CO. The lowest BCUT2D eigenvalue weighted by atomic mass is 10.2. The molecule has 0 aliphatic rings. The predicted molar refractivity (Wildman–Crippen MR) is 72.8 cm³/mol. The van der Waals surface area contributed by atoms with Crippen LogP contribution in [0.3, 0.4) is 0 Å². The number of halogens is 2. The van der Waals surface area contributed by atoms with E-state index in [0.717, 1.165) is 0 Å². The molecular formula is C10H26Cl2N2O2. The Morgan fingerprint density at radius 2 is 1.25 bits per heavy atom. The van der Waals surface area contributed by atoms with E-state index in [0.29, 0.717) is 12.8 Å². The molecule has 0 saturated carbocycles. The molecule has 0 fully saturated rings. The molecule has 0 bridgehead atoms. The van der Waals surface area contributed by atoms with Crippen molar-refractivity contribution in [3.8, 4) is 0 Å². The number of aliphatic hydroxyl groups is 2. The van der Waals surface area contributed by atoms with Crippen LogP contribution in [0.2, 0.25) is 0 Å². The van der Waals surface area contributed by atoms with Gasteiger partial charge < -0.3 is 20.8 Å². The summed E-state index contributed by atoms with van der Waals surface area (Å²) in [6.45, 7) is -1.67. The van der Waals surface area contributed by atoms with Crippen molar-refractivity contribution in [3.05, 3.63) is 0 Å². The summed E-state index contributed by atoms with van der Waals surface area (Å²) in [5, 5.41) is 22.9. The topological polar surface area (TPSA) is 64.5 Å². The van der Waals surface area contributed by atoms with Crippen LogP contribution >= 0.6 is 24.8 Å². The van der Waals surface area contributed by atoms with Crippen molar-refractivity contribution in [2.75, 3.05) is 26.2 Å². The monoisotopic (exact) mass is 280 g/mol. The number of aliphatic hydroxyl groups excluding tert-OH is 2. The lowest BCUT2D eigenvalue weighted by Gasteiger charge is -2.17. The third-order valence-corrected chi connectivity index (χ3v) is 2.04. The van der Waals surface area contributed by atoms with Crippen LogP contribution in [0.5, 0.6) is 0 Å². The Balaban J connectivity index is -0.00000144. The lowest BCUT2D eigenvalue weighted by molar-refractivity contribution is 0.229. The summed E-state index contributed by atoms with van der Waals surface area (Å²) >= 11 is 0. The first kappa shape index (κ1) is 12.9. The van der Waals surface area contributed by atoms with E-state index < -0.39 is 25.1 Å². The summed E-state index contributed by atoms with van der Waals surface area (Å²) in [5.74, 6) is 0. The first-order chi connectivity index (χ1) is 8.24. The van der Waals surface area contributed by atoms with Gasteiger partial charge in [0.2, 0.25) is 0 Å². The van der Waals surface area contributed by atoms with Crippen LogP contribution in [-0.4, -0.2) is 48.5 Å². The second kappa shape index (κ2) is 15.4. The maximum absolute atomic E-state index is 9.02. The summed E-state index contributed by atoms with van der Waals surface area (Å²) < 4.78 is 30.9. The van der Waals surface area contributed by atoms with Gasteiger partial charge in [0.1, 0.15) is 0 Å². The molecule has 0 radical (unpaired) electrons. The highest BCUT2D eigenvalue weighted by atomic mass is 35.5. The van der Waals surface area contributed by atoms with E-state index in [-0.39, 0.29) is 38.0 Å². The largest absolute Gasteiger partial charge is 0.395 e. The molecule has 4 nitrogen and oxygen atoms in total. The number of hydrogen-bond donors (Lipinski definition) is 4. The number of hydrogen-bond acceptors (Lipinski definition) is 4. The van der Waals surface area contributed by atoms with E-state index in [1.54, 1.807) is 13.8 Å². The molecule has 0 aliphatic heterocycles. The molecule has 0 aromatic rings. The molecule has 2 atom stereocenters. The maximum Gasteiger partial charge on any atom is 0.0584 e. The zero-order valence-electron chi connectivity index (χ0n) is 13.7. The smallest absolute Gasteiger partial charge is 0.0584 e. The van der Waals surface area contributed by atoms with Crippen LogP contribution in [-0.2, 0) is 0 Å². The van der Waals surface area contributed by atoms with E-state index >= 15 is 0 Å². The standard InChI is InChI=1S/C10H24N2O2.2ClH/c1-3-9(7-13)11-5-6-12-10(4-2)8-14;;/h9-14H,3-8H2,1-2H3;2*1H/t9-,10-;;/m0../s1/i5D2,6D2;;. The molecule has 0 amide bonds. The van der Waals surface area contributed by atoms with Crippen LogP contribution in [0, 0.1) is 0 Å². The average Bonchev–Trinajstić information content (AvgIpc) is 2.32. The van der Waals surface area contributed by atoms with Crippen molar-refractivity contribution < 1.29 is 15.7 Å². The molecule has 0 aromatic carbocycles. The number of nitrogens with one attached hydrogen (secondary N) is 2. The predicted octanol–water partition coefficient (Wildman–Crippen LogP) is 0.551. The van der Waals surface area contributed by atoms with Gasteiger partial charge in [-0.15, -0.1) is 24.8 Å². The molecule has 0 saturated heterocycles. The third-order valence-electron chi connectivity index (χ3n) is 2.04. The van der Waals surface area contributed by atoms with Gasteiger partial charge >= 0.3 is 0 Å². The fourth-order valence-corrected chi connectivity index (χ4v) is 0.830. The Labute approximate surface area is 117 Å². The summed E-state index contributed by atoms with van der Waals surface area (Å²) in [6, 6.07) is -1.02. The van der Waals surface area contributed by atoms with Crippen molar-refractivity contribution >= 4 is 24.8 Å². The Morgan fingerprint density at radius 1 is 0.938 bits per heavy atom. The van der Waals surface area contributed by atoms with E-state index in [4.69, 9.17) is 15.7 Å². The zero-order valence-corrected chi connectivity index (χ0v) is 11.3. The zero-order chi connectivity index (χ0) is 14.4. The summed E-state index contributed by atoms with van der Waals surface area (Å²) in [4.78, 5) is 0. The van der Waals surface area contributed by atoms with E-state index in [1.165, 1.54) is 0 Å². The Kier molecular flexibility index (Phi) is 12.4. The molecule has 0 aliphatic carbocycles. The Bertz CT molecular complexity index is 219. The van der Waals surface area contributed by atoms with Crippen LogP contribution in [0.25, 0.3) is 0 Å². The summed E-state index contributed by atoms with van der Waals surface area (Å²) in [7, 11) is 0. The lowest BCUT2D eigenvalue weighted by Crippen LogP contribution is -2.40. The van der Waals surface area contributed by atoms with Crippen molar-refractivity contribution in [2.45, 2.75) is 38.8 Å². The van der Waals surface area contributed by atoms with Crippen molar-refractivity contribution in [3.63, 3.8) is 0 Å². The van der Waals surface area contributed by atoms with Crippen molar-refractivity contribution in [1.82, 2.24) is 10.6 Å². The van der Waals surface area contributed by atoms with Gasteiger partial charge in [-0.3, -0.25) is 0 Å². The highest BCUT2D eigenvalue weighted by molar-refractivity contribution is 5.85. The second-order valence-electron chi connectivity index (χ2n) is 3.11. The van der Waals surface area contributed by atoms with Crippen LogP contribution in [0.15, 0.2) is 0 Å². The molecule has 0 rings (SSSR count). The number of rotatable bonds is 9. The van der Waals surface area contributed by atoms with Crippen molar-refractivity contribution in [2.24, 2.45) is 0 Å². The molecule has 102 valence electrons. The van der Waals surface area contributed by atoms with Gasteiger partial charge in [-0.2, -0.15) is 0 Å². The van der Waals surface area contributed by atoms with Gasteiger partial charge in [0.15, 0.2) is 0 Å². The van der Waals surface area contributed by atoms with Crippen LogP contribution in [0.4, 0.5) is 0 Å². The van der Waals surface area contributed by atoms with Crippen LogP contribution < -0.4 is 10.6 Å². The van der Waals surface area contributed by atoms with Gasteiger partial charge in [0, 0.05) is 30.6 Å². The van der Waals surface area contributed by atoms with Gasteiger partial charge in [-0.1, -0.05) is 13.8 Å². The van der Waals surface area contributed by atoms with Crippen molar-refractivity contribution in [1.29, 1.82) is 0 Å². The molecule has 16 heavy (non-hydrogen) atoms. The van der Waals surface area contributed by atoms with Gasteiger partial charge in [-0.05, 0) is 12.8 Å². The highest BCUT2D eigenvalue weighted by Gasteiger charge is 2.04. The first-order valence-electron chi connectivity index (χ1n) is 7.01. The third kappa shape index (κ3) is 10.9. The summed E-state index contributed by atoms with van der Waals surface area (Å²) in [5.41, 5.74) is 0. The minimum Gasteiger partial charge on any atom is -0.395 e. The molecular weight excluding hydrogens is 251 g/mol. The maximum atomic E-state index is 9.02. The molecule has 0 aromatic heterocycles. The molecule has 0 heterocycles. The minimum absolute atomic E-state index is 0. The van der Waals surface area contributed by atoms with E-state index in [1.807, 2.05) is 0 Å². The first-order valence-corrected chi connectivity index (χ1v) is 5.01. The van der Waals surface area contributed by atoms with E-state index in [9.17, 15) is 0 Å². The summed E-state index contributed by atoms with van der Waals surface area (Å²) in [6.07, 6.45) is 0.979. The normalized spacial score (nSPS) is 19.0. The second-order valence-corrected chi connectivity index (χ2v) is 3.11. The van der Waals surface area contributed by atoms with Crippen LogP contribution in [0.1, 0.15) is 32.2 Å².